The van der Waals surface area contributed by atoms with Crippen molar-refractivity contribution in [3.63, 3.8) is 0 Å². The Morgan fingerprint density at radius 2 is 1.61 bits per heavy atom. The van der Waals surface area contributed by atoms with Crippen molar-refractivity contribution in [2.24, 2.45) is 0 Å². The first-order valence-electron chi connectivity index (χ1n) is 10.2. The first-order valence-corrected chi connectivity index (χ1v) is 10.2. The third kappa shape index (κ3) is 4.31. The summed E-state index contributed by atoms with van der Waals surface area (Å²) in [6.07, 6.45) is 4.75. The summed E-state index contributed by atoms with van der Waals surface area (Å²) in [5.41, 5.74) is 10.5. The van der Waals surface area contributed by atoms with Gasteiger partial charge in [-0.2, -0.15) is 0 Å². The number of nitrogens with two attached hydrogens (primary N) is 1. The van der Waals surface area contributed by atoms with Gasteiger partial charge in [-0.25, -0.2) is 0 Å². The lowest BCUT2D eigenvalue weighted by atomic mass is 9.89. The average molecular weight is 383 g/mol. The Balaban J connectivity index is 1.70. The van der Waals surface area contributed by atoms with E-state index in [2.05, 4.69) is 35.5 Å². The normalized spacial score (nSPS) is 20.1. The minimum absolute atomic E-state index is 0.201. The second-order valence-corrected chi connectivity index (χ2v) is 8.48. The van der Waals surface area contributed by atoms with Crippen LogP contribution in [0.3, 0.4) is 0 Å². The van der Waals surface area contributed by atoms with Crippen molar-refractivity contribution in [3.05, 3.63) is 47.3 Å². The molecule has 152 valence electrons. The smallest absolute Gasteiger partial charge is 0.178 e. The molecule has 28 heavy (non-hydrogen) atoms. The second-order valence-electron chi connectivity index (χ2n) is 8.48. The Hall–Kier alpha value is -2.11. The van der Waals surface area contributed by atoms with Crippen LogP contribution in [0.15, 0.2) is 30.3 Å². The van der Waals surface area contributed by atoms with Gasteiger partial charge < -0.3 is 15.2 Å². The number of carbonyl (C=O) groups is 1. The fourth-order valence-electron chi connectivity index (χ4n) is 4.52. The molecule has 0 atom stereocenters. The number of likely N-dealkylation sites (N-methyl/N-ethyl adjacent to an activating group) is 1. The Kier molecular flexibility index (Phi) is 6.26. The summed E-state index contributed by atoms with van der Waals surface area (Å²) >= 11 is 0. The van der Waals surface area contributed by atoms with Gasteiger partial charge in [0.05, 0.1) is 6.54 Å². The quantitative estimate of drug-likeness (QED) is 0.612. The van der Waals surface area contributed by atoms with Gasteiger partial charge >= 0.3 is 0 Å². The number of nitrogens with zero attached hydrogens (tertiary/aromatic N) is 3. The molecular formula is C23H34N4O. The van der Waals surface area contributed by atoms with Crippen molar-refractivity contribution in [1.29, 1.82) is 0 Å². The lowest BCUT2D eigenvalue weighted by Crippen LogP contribution is -2.42. The van der Waals surface area contributed by atoms with Crippen LogP contribution in [0.4, 0.5) is 5.69 Å². The highest BCUT2D eigenvalue weighted by Crippen LogP contribution is 2.26. The van der Waals surface area contributed by atoms with Crippen LogP contribution in [0.5, 0.6) is 0 Å². The second kappa shape index (κ2) is 8.50. The minimum Gasteiger partial charge on any atom is -0.399 e. The van der Waals surface area contributed by atoms with E-state index in [1.807, 2.05) is 44.2 Å². The molecular weight excluding hydrogens is 348 g/mol. The number of anilines is 1. The maximum atomic E-state index is 13.1. The molecule has 1 saturated carbocycles. The molecule has 1 fully saturated rings. The lowest BCUT2D eigenvalue weighted by Gasteiger charge is -2.36. The molecule has 5 nitrogen and oxygen atoms in total. The monoisotopic (exact) mass is 382 g/mol. The van der Waals surface area contributed by atoms with Crippen molar-refractivity contribution in [3.8, 4) is 5.69 Å². The van der Waals surface area contributed by atoms with E-state index in [1.54, 1.807) is 0 Å². The van der Waals surface area contributed by atoms with E-state index in [4.69, 9.17) is 5.73 Å². The maximum Gasteiger partial charge on any atom is 0.178 e. The van der Waals surface area contributed by atoms with Crippen LogP contribution < -0.4 is 5.73 Å². The van der Waals surface area contributed by atoms with E-state index in [1.165, 1.54) is 12.8 Å². The summed E-state index contributed by atoms with van der Waals surface area (Å²) in [4.78, 5) is 17.6. The van der Waals surface area contributed by atoms with Crippen molar-refractivity contribution < 1.29 is 4.79 Å². The first kappa shape index (κ1) is 20.6. The zero-order chi connectivity index (χ0) is 20.4. The third-order valence-corrected chi connectivity index (χ3v) is 6.30. The summed E-state index contributed by atoms with van der Waals surface area (Å²) in [6, 6.07) is 11.0. The molecule has 0 saturated heterocycles. The molecule has 0 radical (unpaired) electrons. The standard InChI is InChI=1S/C23H34N4O/c1-16-14-22(17(2)27(16)21-8-6-18(24)7-9-21)23(28)15-26(5)20-12-10-19(11-13-20)25(3)4/h6-9,14,19-20H,10-13,15,24H2,1-5H3. The largest absolute Gasteiger partial charge is 0.399 e. The zero-order valence-corrected chi connectivity index (χ0v) is 17.9. The minimum atomic E-state index is 0.201. The number of ketones is 1. The molecule has 0 spiro atoms. The van der Waals surface area contributed by atoms with Crippen molar-refractivity contribution in [1.82, 2.24) is 14.4 Å². The van der Waals surface area contributed by atoms with Gasteiger partial charge in [0.2, 0.25) is 0 Å². The summed E-state index contributed by atoms with van der Waals surface area (Å²) in [6.45, 7) is 4.55. The average Bonchev–Trinajstić information content (AvgIpc) is 2.97. The Morgan fingerprint density at radius 3 is 2.18 bits per heavy atom. The van der Waals surface area contributed by atoms with Crippen LogP contribution in [0.1, 0.15) is 47.4 Å². The van der Waals surface area contributed by atoms with Crippen molar-refractivity contribution in [2.75, 3.05) is 33.4 Å². The number of benzene rings is 1. The molecule has 2 N–H and O–H groups in total. The summed E-state index contributed by atoms with van der Waals surface area (Å²) in [5, 5.41) is 0. The number of rotatable bonds is 6. The fraction of sp³-hybridized carbons (Fsp3) is 0.522. The van der Waals surface area contributed by atoms with E-state index in [-0.39, 0.29) is 5.78 Å². The highest BCUT2D eigenvalue weighted by atomic mass is 16.1. The molecule has 0 amide bonds. The molecule has 1 heterocycles. The Bertz CT molecular complexity index is 814. The summed E-state index contributed by atoms with van der Waals surface area (Å²) < 4.78 is 2.13. The molecule has 1 aromatic carbocycles. The van der Waals surface area contributed by atoms with Crippen LogP contribution in [-0.4, -0.2) is 59.9 Å². The number of aryl methyl sites for hydroxylation is 1. The van der Waals surface area contributed by atoms with Crippen LogP contribution in [0, 0.1) is 13.8 Å². The van der Waals surface area contributed by atoms with Gasteiger partial charge in [0.15, 0.2) is 5.78 Å². The highest BCUT2D eigenvalue weighted by molar-refractivity contribution is 5.99. The third-order valence-electron chi connectivity index (χ3n) is 6.30. The van der Waals surface area contributed by atoms with Gasteiger partial charge in [-0.1, -0.05) is 0 Å². The van der Waals surface area contributed by atoms with Gasteiger partial charge in [-0.3, -0.25) is 9.69 Å². The Labute approximate surface area is 169 Å². The van der Waals surface area contributed by atoms with Gasteiger partial charge in [-0.15, -0.1) is 0 Å². The number of Topliss-reactive ketones (excluding diaryl/α,β-unsaturated/α-hetero) is 1. The SMILES string of the molecule is Cc1cc(C(=O)CN(C)C2CCC(N(C)C)CC2)c(C)n1-c1ccc(N)cc1. The molecule has 1 aromatic heterocycles. The van der Waals surface area contributed by atoms with Crippen LogP contribution in [0.2, 0.25) is 0 Å². The van der Waals surface area contributed by atoms with Crippen LogP contribution in [-0.2, 0) is 0 Å². The molecule has 1 aliphatic rings. The molecule has 0 aliphatic heterocycles. The molecule has 5 heteroatoms. The van der Waals surface area contributed by atoms with Gasteiger partial charge in [0.25, 0.3) is 0 Å². The number of hydrogen-bond acceptors (Lipinski definition) is 4. The van der Waals surface area contributed by atoms with Crippen LogP contribution >= 0.6 is 0 Å². The highest BCUT2D eigenvalue weighted by Gasteiger charge is 2.27. The molecule has 2 aromatic rings. The fourth-order valence-corrected chi connectivity index (χ4v) is 4.52. The summed E-state index contributed by atoms with van der Waals surface area (Å²) in [7, 11) is 6.42. The molecule has 0 bridgehead atoms. The van der Waals surface area contributed by atoms with E-state index in [9.17, 15) is 4.79 Å². The van der Waals surface area contributed by atoms with E-state index < -0.39 is 0 Å². The lowest BCUT2D eigenvalue weighted by molar-refractivity contribution is 0.0869. The maximum absolute atomic E-state index is 13.1. The number of hydrogen-bond donors (Lipinski definition) is 1. The van der Waals surface area contributed by atoms with Crippen molar-refractivity contribution >= 4 is 11.5 Å². The van der Waals surface area contributed by atoms with E-state index in [0.29, 0.717) is 18.6 Å². The van der Waals surface area contributed by atoms with Crippen LogP contribution in [0.25, 0.3) is 5.69 Å². The molecule has 0 unspecified atom stereocenters. The molecule has 3 rings (SSSR count). The molecule has 1 aliphatic carbocycles. The van der Waals surface area contributed by atoms with E-state index in [0.717, 1.165) is 41.2 Å². The number of carbonyl (C=O) groups excluding carboxylic acids is 1. The number of aromatic nitrogens is 1. The van der Waals surface area contributed by atoms with E-state index >= 15 is 0 Å². The summed E-state index contributed by atoms with van der Waals surface area (Å²) in [5.74, 6) is 0.201. The van der Waals surface area contributed by atoms with Gasteiger partial charge in [-0.05, 0) is 91.0 Å². The topological polar surface area (TPSA) is 54.5 Å². The first-order chi connectivity index (χ1) is 13.3. The number of nitrogen functional groups attached to an aromatic ring is 1. The zero-order valence-electron chi connectivity index (χ0n) is 17.9. The van der Waals surface area contributed by atoms with Gasteiger partial charge in [0, 0.05) is 40.4 Å². The van der Waals surface area contributed by atoms with Gasteiger partial charge in [0.1, 0.15) is 0 Å². The van der Waals surface area contributed by atoms with Crippen molar-refractivity contribution in [2.45, 2.75) is 51.6 Å². The predicted molar refractivity (Wildman–Crippen MR) is 116 cm³/mol. The predicted octanol–water partition coefficient (Wildman–Crippen LogP) is 3.66. The Morgan fingerprint density at radius 1 is 1.04 bits per heavy atom.